The SMILES string of the molecule is [2H]c1c(C([2H])([2H])[2H])c2c(=O)n(CCCC([2H])([2H])C(O)C([2H])([2H])[2H])c(=O)n(C)c2n1C([2H])([2H])[2H]. The first kappa shape index (κ1) is 6.12. The number of aliphatic hydroxyl groups is 1. The summed E-state index contributed by atoms with van der Waals surface area (Å²) in [5, 5.41) is 9.08. The fourth-order valence-corrected chi connectivity index (χ4v) is 2.13. The lowest BCUT2D eigenvalue weighted by molar-refractivity contribution is 0.180. The van der Waals surface area contributed by atoms with E-state index in [4.69, 9.17) is 16.4 Å². The van der Waals surface area contributed by atoms with Crippen LogP contribution in [0.5, 0.6) is 0 Å². The van der Waals surface area contributed by atoms with Crippen molar-refractivity contribution < 1.29 is 21.6 Å². The predicted molar refractivity (Wildman–Crippen MR) is 82.7 cm³/mol. The fraction of sp³-hybridized carbons (Fsp3) is 0.600. The number of rotatable bonds is 5. The van der Waals surface area contributed by atoms with Gasteiger partial charge in [0.2, 0.25) is 0 Å². The number of hydrogen-bond donors (Lipinski definition) is 1. The lowest BCUT2D eigenvalue weighted by Gasteiger charge is -2.10. The molecule has 116 valence electrons. The first-order valence-electron chi connectivity index (χ1n) is 12.2. The summed E-state index contributed by atoms with van der Waals surface area (Å²) < 4.78 is 92.6. The predicted octanol–water partition coefficient (Wildman–Crippen LogP) is 0.898. The molecule has 0 amide bonds. The van der Waals surface area contributed by atoms with E-state index in [0.717, 1.165) is 11.6 Å². The smallest absolute Gasteiger partial charge is 0.332 e. The van der Waals surface area contributed by atoms with E-state index in [9.17, 15) is 14.7 Å². The number of nitrogens with zero attached hydrogens (tertiary/aromatic N) is 3. The Hall–Kier alpha value is -1.82. The Kier molecular flexibility index (Phi) is 1.72. The maximum atomic E-state index is 13.1. The summed E-state index contributed by atoms with van der Waals surface area (Å²) in [6.45, 7) is -9.58. The molecule has 0 saturated heterocycles. The van der Waals surface area contributed by atoms with Crippen molar-refractivity contribution in [1.82, 2.24) is 13.7 Å². The zero-order chi connectivity index (χ0) is 25.9. The molecule has 2 aromatic heterocycles. The van der Waals surface area contributed by atoms with Gasteiger partial charge in [-0.05, 0) is 38.5 Å². The molecule has 1 N–H and O–H groups in total. The van der Waals surface area contributed by atoms with E-state index in [1.165, 1.54) is 0 Å². The second-order valence-corrected chi connectivity index (χ2v) is 4.53. The highest BCUT2D eigenvalue weighted by Crippen LogP contribution is 2.14. The molecule has 6 heteroatoms. The summed E-state index contributed by atoms with van der Waals surface area (Å²) in [6, 6.07) is 0. The van der Waals surface area contributed by atoms with Crippen molar-refractivity contribution in [2.24, 2.45) is 14.0 Å². The van der Waals surface area contributed by atoms with E-state index >= 15 is 0 Å². The number of hydrogen-bond acceptors (Lipinski definition) is 3. The maximum absolute atomic E-state index is 13.1. The van der Waals surface area contributed by atoms with Gasteiger partial charge >= 0.3 is 5.69 Å². The summed E-state index contributed by atoms with van der Waals surface area (Å²) in [4.78, 5) is 25.9. The van der Waals surface area contributed by atoms with Gasteiger partial charge in [0, 0.05) is 41.8 Å². The quantitative estimate of drug-likeness (QED) is 0.892. The van der Waals surface area contributed by atoms with Gasteiger partial charge in [-0.1, -0.05) is 0 Å². The zero-order valence-electron chi connectivity index (χ0n) is 23.3. The summed E-state index contributed by atoms with van der Waals surface area (Å²) in [6.07, 6.45) is -6.68. The molecule has 2 heterocycles. The lowest BCUT2D eigenvalue weighted by atomic mass is 10.2. The van der Waals surface area contributed by atoms with Crippen LogP contribution in [0.25, 0.3) is 11.0 Å². The summed E-state index contributed by atoms with van der Waals surface area (Å²) in [5.41, 5.74) is -3.61. The van der Waals surface area contributed by atoms with Crippen molar-refractivity contribution in [1.29, 1.82) is 0 Å². The minimum Gasteiger partial charge on any atom is -0.393 e. The summed E-state index contributed by atoms with van der Waals surface area (Å²) in [5.74, 6) is 0. The Bertz CT molecular complexity index is 1170. The molecule has 0 bridgehead atoms. The van der Waals surface area contributed by atoms with Crippen molar-refractivity contribution in [2.75, 3.05) is 0 Å². The van der Waals surface area contributed by atoms with Crippen molar-refractivity contribution in [3.8, 4) is 0 Å². The molecule has 0 spiro atoms. The first-order chi connectivity index (χ1) is 14.6. The molecule has 0 saturated carbocycles. The van der Waals surface area contributed by atoms with Gasteiger partial charge in [-0.2, -0.15) is 0 Å². The number of aromatic nitrogens is 3. The highest BCUT2D eigenvalue weighted by Gasteiger charge is 2.15. The summed E-state index contributed by atoms with van der Waals surface area (Å²) >= 11 is 0. The molecule has 0 aliphatic rings. The molecule has 0 aromatic carbocycles. The van der Waals surface area contributed by atoms with E-state index in [1.54, 1.807) is 0 Å². The Morgan fingerprint density at radius 3 is 2.95 bits per heavy atom. The second-order valence-electron chi connectivity index (χ2n) is 4.53. The van der Waals surface area contributed by atoms with Crippen LogP contribution in [0, 0.1) is 6.85 Å². The van der Waals surface area contributed by atoms with Gasteiger partial charge in [-0.3, -0.25) is 13.9 Å². The van der Waals surface area contributed by atoms with Gasteiger partial charge in [-0.25, -0.2) is 4.79 Å². The van der Waals surface area contributed by atoms with Crippen LogP contribution in [-0.4, -0.2) is 24.9 Å². The lowest BCUT2D eigenvalue weighted by Crippen LogP contribution is -2.39. The minimum absolute atomic E-state index is 0.280. The normalized spacial score (nSPS) is 23.9. The monoisotopic (exact) mass is 305 g/mol. The average Bonchev–Trinajstić information content (AvgIpc) is 2.95. The van der Waals surface area contributed by atoms with Crippen LogP contribution in [0.1, 0.15) is 48.1 Å². The van der Waals surface area contributed by atoms with Crippen molar-refractivity contribution >= 4 is 11.0 Å². The molecule has 6 nitrogen and oxygen atoms in total. The topological polar surface area (TPSA) is 69.2 Å². The molecule has 1 unspecified atom stereocenters. The van der Waals surface area contributed by atoms with E-state index in [0.29, 0.717) is 9.13 Å². The average molecular weight is 305 g/mol. The number of fused-ring (bicyclic) bond motifs is 1. The van der Waals surface area contributed by atoms with E-state index in [-0.39, 0.29) is 6.42 Å². The van der Waals surface area contributed by atoms with Crippen LogP contribution in [0.2, 0.25) is 0 Å². The third-order valence-electron chi connectivity index (χ3n) is 3.10. The molecule has 0 aliphatic heterocycles. The van der Waals surface area contributed by atoms with Crippen LogP contribution in [-0.2, 0) is 20.6 Å². The van der Waals surface area contributed by atoms with Crippen molar-refractivity contribution in [2.45, 2.75) is 45.6 Å². The molecule has 1 atom stereocenters. The molecular weight excluding hydrogens is 270 g/mol. The standard InChI is InChI=1S/C15H23N3O3/c1-10-9-16(3)13-12(10)14(20)18(15(21)17(13)4)8-6-5-7-11(2)19/h9,11,19H,5-8H2,1-4H3/i1D3,2D3,3D3,7D2,9D. The Morgan fingerprint density at radius 2 is 2.29 bits per heavy atom. The fourth-order valence-electron chi connectivity index (χ4n) is 2.13. The van der Waals surface area contributed by atoms with Crippen LogP contribution in [0.3, 0.4) is 0 Å². The van der Waals surface area contributed by atoms with Crippen LogP contribution in [0.4, 0.5) is 0 Å². The van der Waals surface area contributed by atoms with Crippen LogP contribution >= 0.6 is 0 Å². The Morgan fingerprint density at radius 1 is 1.48 bits per heavy atom. The van der Waals surface area contributed by atoms with Gasteiger partial charge in [0.1, 0.15) is 5.65 Å². The maximum Gasteiger partial charge on any atom is 0.332 e. The van der Waals surface area contributed by atoms with Gasteiger partial charge in [-0.15, -0.1) is 0 Å². The Labute approximate surface area is 140 Å². The van der Waals surface area contributed by atoms with Gasteiger partial charge in [0.05, 0.1) is 12.9 Å². The minimum atomic E-state index is -3.07. The Balaban J connectivity index is 2.67. The van der Waals surface area contributed by atoms with Crippen molar-refractivity contribution in [3.05, 3.63) is 32.6 Å². The second kappa shape index (κ2) is 5.89. The molecule has 2 aromatic rings. The van der Waals surface area contributed by atoms with Gasteiger partial charge < -0.3 is 9.67 Å². The third-order valence-corrected chi connectivity index (χ3v) is 3.10. The highest BCUT2D eigenvalue weighted by molar-refractivity contribution is 5.79. The van der Waals surface area contributed by atoms with E-state index < -0.39 is 80.1 Å². The number of aryl methyl sites for hydroxylation is 3. The third kappa shape index (κ3) is 2.81. The molecule has 21 heavy (non-hydrogen) atoms. The summed E-state index contributed by atoms with van der Waals surface area (Å²) in [7, 11) is 1.10. The van der Waals surface area contributed by atoms with E-state index in [2.05, 4.69) is 0 Å². The molecule has 0 aliphatic carbocycles. The molecule has 0 radical (unpaired) electrons. The van der Waals surface area contributed by atoms with Crippen LogP contribution < -0.4 is 11.2 Å². The zero-order valence-corrected chi connectivity index (χ0v) is 11.3. The molecular formula is C15H23N3O3. The van der Waals surface area contributed by atoms with Crippen molar-refractivity contribution in [3.63, 3.8) is 0 Å². The van der Waals surface area contributed by atoms with Gasteiger partial charge in [0.15, 0.2) is 0 Å². The molecule has 2 rings (SSSR count). The highest BCUT2D eigenvalue weighted by atomic mass is 16.3. The first-order valence-corrected chi connectivity index (χ1v) is 6.18. The molecule has 0 fully saturated rings. The van der Waals surface area contributed by atoms with E-state index in [1.807, 2.05) is 0 Å². The largest absolute Gasteiger partial charge is 0.393 e. The van der Waals surface area contributed by atoms with Crippen LogP contribution in [0.15, 0.2) is 15.8 Å². The number of aliphatic hydroxyl groups excluding tert-OH is 1. The van der Waals surface area contributed by atoms with Gasteiger partial charge in [0.25, 0.3) is 5.56 Å².